The van der Waals surface area contributed by atoms with Crippen molar-refractivity contribution in [2.45, 2.75) is 33.2 Å². The van der Waals surface area contributed by atoms with Crippen LogP contribution in [-0.2, 0) is 16.6 Å². The summed E-state index contributed by atoms with van der Waals surface area (Å²) in [5.41, 5.74) is 1.91. The Hall–Kier alpha value is -2.59. The highest BCUT2D eigenvalue weighted by atomic mass is 32.1. The van der Waals surface area contributed by atoms with Crippen molar-refractivity contribution in [1.82, 2.24) is 20.1 Å². The molecule has 0 aliphatic heterocycles. The molecule has 27 heavy (non-hydrogen) atoms. The molecule has 2 aromatic heterocycles. The number of aryl methyl sites for hydroxylation is 3. The lowest BCUT2D eigenvalue weighted by Crippen LogP contribution is -2.41. The Kier molecular flexibility index (Phi) is 6.45. The second-order valence-electron chi connectivity index (χ2n) is 6.09. The van der Waals surface area contributed by atoms with Crippen molar-refractivity contribution in [3.8, 4) is 10.6 Å². The minimum Gasteiger partial charge on any atom is -0.480 e. The Morgan fingerprint density at radius 1 is 1.30 bits per heavy atom. The standard InChI is InChI=1S/C17H22N4O5S/c1-8-9(2)20-21(4)16(23)12(8)15-18-10(3)13(27-15)14(22)19-11(17(24)25)6-7-26-5/h11H,6-7H2,1-5H3,(H,19,22)(H,24,25). The average Bonchev–Trinajstić information content (AvgIpc) is 2.98. The third-order valence-corrected chi connectivity index (χ3v) is 5.33. The number of ether oxygens (including phenoxy) is 1. The molecule has 1 unspecified atom stereocenters. The van der Waals surface area contributed by atoms with E-state index in [9.17, 15) is 19.5 Å². The predicted octanol–water partition coefficient (Wildman–Crippen LogP) is 1.05. The van der Waals surface area contributed by atoms with Crippen LogP contribution in [0.1, 0.15) is 33.0 Å². The van der Waals surface area contributed by atoms with E-state index >= 15 is 0 Å². The lowest BCUT2D eigenvalue weighted by molar-refractivity contribution is -0.139. The van der Waals surface area contributed by atoms with Gasteiger partial charge in [-0.05, 0) is 26.3 Å². The molecule has 2 rings (SSSR count). The first kappa shape index (κ1) is 20.7. The van der Waals surface area contributed by atoms with Crippen molar-refractivity contribution < 1.29 is 19.4 Å². The zero-order valence-electron chi connectivity index (χ0n) is 15.8. The molecule has 0 saturated carbocycles. The SMILES string of the molecule is COCCC(NC(=O)c1sc(-c2c(C)c(C)nn(C)c2=O)nc1C)C(=O)O. The van der Waals surface area contributed by atoms with Gasteiger partial charge in [0.15, 0.2) is 0 Å². The van der Waals surface area contributed by atoms with Crippen LogP contribution in [0.5, 0.6) is 0 Å². The molecule has 10 heteroatoms. The van der Waals surface area contributed by atoms with E-state index in [-0.39, 0.29) is 23.5 Å². The number of hydrogen-bond acceptors (Lipinski definition) is 7. The van der Waals surface area contributed by atoms with Crippen LogP contribution in [0.2, 0.25) is 0 Å². The largest absolute Gasteiger partial charge is 0.480 e. The van der Waals surface area contributed by atoms with Crippen LogP contribution in [0.3, 0.4) is 0 Å². The molecule has 1 atom stereocenters. The Balaban J connectivity index is 2.38. The van der Waals surface area contributed by atoms with E-state index in [0.717, 1.165) is 11.3 Å². The number of hydrogen-bond donors (Lipinski definition) is 2. The van der Waals surface area contributed by atoms with Crippen molar-refractivity contribution in [2.75, 3.05) is 13.7 Å². The molecule has 0 aromatic carbocycles. The van der Waals surface area contributed by atoms with Crippen LogP contribution in [-0.4, -0.2) is 51.5 Å². The van der Waals surface area contributed by atoms with Gasteiger partial charge in [-0.25, -0.2) is 14.5 Å². The Morgan fingerprint density at radius 3 is 2.56 bits per heavy atom. The molecule has 2 N–H and O–H groups in total. The lowest BCUT2D eigenvalue weighted by atomic mass is 10.1. The molecule has 0 aliphatic carbocycles. The summed E-state index contributed by atoms with van der Waals surface area (Å²) in [6.45, 7) is 5.42. The summed E-state index contributed by atoms with van der Waals surface area (Å²) >= 11 is 1.06. The van der Waals surface area contributed by atoms with Crippen molar-refractivity contribution in [2.24, 2.45) is 7.05 Å². The van der Waals surface area contributed by atoms with Gasteiger partial charge in [0, 0.05) is 27.2 Å². The summed E-state index contributed by atoms with van der Waals surface area (Å²) in [5, 5.41) is 16.3. The monoisotopic (exact) mass is 394 g/mol. The van der Waals surface area contributed by atoms with Gasteiger partial charge >= 0.3 is 5.97 Å². The molecular weight excluding hydrogens is 372 g/mol. The van der Waals surface area contributed by atoms with Gasteiger partial charge < -0.3 is 15.2 Å². The first-order valence-electron chi connectivity index (χ1n) is 8.22. The van der Waals surface area contributed by atoms with E-state index in [0.29, 0.717) is 27.5 Å². The van der Waals surface area contributed by atoms with Gasteiger partial charge in [0.2, 0.25) is 0 Å². The van der Waals surface area contributed by atoms with E-state index in [1.807, 2.05) is 0 Å². The fourth-order valence-corrected chi connectivity index (χ4v) is 3.59. The zero-order chi connectivity index (χ0) is 20.3. The smallest absolute Gasteiger partial charge is 0.326 e. The fraction of sp³-hybridized carbons (Fsp3) is 0.471. The normalized spacial score (nSPS) is 12.0. The van der Waals surface area contributed by atoms with Crippen LogP contribution >= 0.6 is 11.3 Å². The number of thiazole rings is 1. The minimum atomic E-state index is -1.14. The molecule has 2 heterocycles. The summed E-state index contributed by atoms with van der Waals surface area (Å²) in [4.78, 5) is 41.0. The minimum absolute atomic E-state index is 0.144. The second-order valence-corrected chi connectivity index (χ2v) is 7.09. The first-order valence-corrected chi connectivity index (χ1v) is 9.03. The van der Waals surface area contributed by atoms with Gasteiger partial charge in [0.1, 0.15) is 15.9 Å². The van der Waals surface area contributed by atoms with Crippen LogP contribution < -0.4 is 10.9 Å². The second kappa shape index (κ2) is 8.40. The number of nitrogens with zero attached hydrogens (tertiary/aromatic N) is 3. The number of amides is 1. The molecule has 0 saturated heterocycles. The third-order valence-electron chi connectivity index (χ3n) is 4.16. The number of nitrogens with one attached hydrogen (secondary N) is 1. The maximum atomic E-state index is 12.6. The number of carbonyl (C=O) groups is 2. The molecule has 0 bridgehead atoms. The summed E-state index contributed by atoms with van der Waals surface area (Å²) < 4.78 is 6.11. The van der Waals surface area contributed by atoms with E-state index in [1.165, 1.54) is 11.8 Å². The fourth-order valence-electron chi connectivity index (χ4n) is 2.53. The maximum Gasteiger partial charge on any atom is 0.326 e. The molecule has 0 spiro atoms. The topological polar surface area (TPSA) is 123 Å². The van der Waals surface area contributed by atoms with E-state index < -0.39 is 17.9 Å². The maximum absolute atomic E-state index is 12.6. The predicted molar refractivity (Wildman–Crippen MR) is 100 cm³/mol. The van der Waals surface area contributed by atoms with E-state index in [4.69, 9.17) is 4.74 Å². The molecule has 0 fully saturated rings. The van der Waals surface area contributed by atoms with E-state index in [2.05, 4.69) is 15.4 Å². The van der Waals surface area contributed by atoms with Crippen molar-refractivity contribution >= 4 is 23.2 Å². The Bertz CT molecular complexity index is 934. The molecular formula is C17H22N4O5S. The van der Waals surface area contributed by atoms with E-state index in [1.54, 1.807) is 27.8 Å². The average molecular weight is 394 g/mol. The Morgan fingerprint density at radius 2 is 1.96 bits per heavy atom. The molecule has 0 aliphatic rings. The highest BCUT2D eigenvalue weighted by molar-refractivity contribution is 7.17. The van der Waals surface area contributed by atoms with Gasteiger partial charge in [0.05, 0.1) is 17.0 Å². The summed E-state index contributed by atoms with van der Waals surface area (Å²) in [6.07, 6.45) is 0.144. The van der Waals surface area contributed by atoms with Crippen LogP contribution in [0, 0.1) is 20.8 Å². The van der Waals surface area contributed by atoms with Crippen LogP contribution in [0.15, 0.2) is 4.79 Å². The van der Waals surface area contributed by atoms with Crippen molar-refractivity contribution in [1.29, 1.82) is 0 Å². The highest BCUT2D eigenvalue weighted by Gasteiger charge is 2.25. The molecule has 1 amide bonds. The number of aliphatic carboxylic acids is 1. The number of carboxylic acids is 1. The van der Waals surface area contributed by atoms with Gasteiger partial charge in [-0.2, -0.15) is 5.10 Å². The number of aromatic nitrogens is 3. The van der Waals surface area contributed by atoms with Crippen LogP contribution in [0.25, 0.3) is 10.6 Å². The molecule has 2 aromatic rings. The quantitative estimate of drug-likeness (QED) is 0.719. The lowest BCUT2D eigenvalue weighted by Gasteiger charge is -2.13. The van der Waals surface area contributed by atoms with Crippen molar-refractivity contribution in [3.63, 3.8) is 0 Å². The molecule has 146 valence electrons. The van der Waals surface area contributed by atoms with Crippen LogP contribution in [0.4, 0.5) is 0 Å². The number of methoxy groups -OCH3 is 1. The number of carboxylic acid groups (broad SMARTS) is 1. The summed E-state index contributed by atoms with van der Waals surface area (Å²) in [7, 11) is 3.01. The summed E-state index contributed by atoms with van der Waals surface area (Å²) in [5.74, 6) is -1.68. The van der Waals surface area contributed by atoms with Gasteiger partial charge in [-0.1, -0.05) is 0 Å². The molecule has 9 nitrogen and oxygen atoms in total. The highest BCUT2D eigenvalue weighted by Crippen LogP contribution is 2.28. The van der Waals surface area contributed by atoms with Gasteiger partial charge in [-0.15, -0.1) is 11.3 Å². The van der Waals surface area contributed by atoms with Crippen molar-refractivity contribution in [3.05, 3.63) is 32.2 Å². The third kappa shape index (κ3) is 4.40. The first-order chi connectivity index (χ1) is 12.7. The molecule has 0 radical (unpaired) electrons. The number of rotatable bonds is 7. The van der Waals surface area contributed by atoms with Gasteiger partial charge in [-0.3, -0.25) is 9.59 Å². The number of carbonyl (C=O) groups excluding carboxylic acids is 1. The zero-order valence-corrected chi connectivity index (χ0v) is 16.6. The Labute approximate surface area is 160 Å². The van der Waals surface area contributed by atoms with Gasteiger partial charge in [0.25, 0.3) is 11.5 Å². The summed E-state index contributed by atoms with van der Waals surface area (Å²) in [6, 6.07) is -1.07.